The summed E-state index contributed by atoms with van der Waals surface area (Å²) in [5.41, 5.74) is 4.08. The largest absolute Gasteiger partial charge is 0.480 e. The summed E-state index contributed by atoms with van der Waals surface area (Å²) in [5.74, 6) is -1.46. The van der Waals surface area contributed by atoms with Crippen molar-refractivity contribution in [2.75, 3.05) is 13.6 Å². The fraction of sp³-hybridized carbons (Fsp3) is 0.393. The Morgan fingerprint density at radius 2 is 1.92 bits per heavy atom. The zero-order valence-electron chi connectivity index (χ0n) is 21.3. The first-order valence-corrected chi connectivity index (χ1v) is 13.1. The first-order valence-electron chi connectivity index (χ1n) is 12.3. The molecular weight excluding hydrogens is 474 g/mol. The first-order chi connectivity index (χ1) is 17.4. The van der Waals surface area contributed by atoms with Gasteiger partial charge in [0.05, 0.1) is 22.6 Å². The van der Waals surface area contributed by atoms with Crippen molar-refractivity contribution in [3.63, 3.8) is 0 Å². The number of carboxylic acid groups (broad SMARTS) is 1. The molecule has 3 rings (SSSR count). The molecule has 0 radical (unpaired) electrons. The maximum absolute atomic E-state index is 13.2. The maximum Gasteiger partial charge on any atom is 0.326 e. The highest BCUT2D eigenvalue weighted by atomic mass is 32.1. The van der Waals surface area contributed by atoms with Crippen LogP contribution >= 0.6 is 11.3 Å². The number of benzene rings is 2. The minimum atomic E-state index is -1.05. The van der Waals surface area contributed by atoms with Gasteiger partial charge in [-0.2, -0.15) is 0 Å². The number of carbonyl (C=O) groups is 2. The van der Waals surface area contributed by atoms with Gasteiger partial charge in [-0.1, -0.05) is 44.2 Å². The summed E-state index contributed by atoms with van der Waals surface area (Å²) in [4.78, 5) is 30.5. The summed E-state index contributed by atoms with van der Waals surface area (Å²) in [6.45, 7) is 7.05. The van der Waals surface area contributed by atoms with Crippen molar-refractivity contribution in [3.05, 3.63) is 75.2 Å². The zero-order chi connectivity index (χ0) is 26.1. The van der Waals surface area contributed by atoms with Crippen LogP contribution in [0.5, 0.6) is 0 Å². The van der Waals surface area contributed by atoms with Crippen LogP contribution in [0.15, 0.2) is 48.7 Å². The Kier molecular flexibility index (Phi) is 10.2. The summed E-state index contributed by atoms with van der Waals surface area (Å²) in [6, 6.07) is 12.5. The van der Waals surface area contributed by atoms with E-state index in [9.17, 15) is 14.7 Å². The molecule has 1 amide bonds. The number of nitrogens with zero attached hydrogens (tertiary/aromatic N) is 1. The highest BCUT2D eigenvalue weighted by molar-refractivity contribution is 7.11. The van der Waals surface area contributed by atoms with Crippen molar-refractivity contribution in [1.82, 2.24) is 15.6 Å². The van der Waals surface area contributed by atoms with E-state index >= 15 is 0 Å². The number of amides is 1. The third kappa shape index (κ3) is 7.00. The number of carbonyl (C=O) groups excluding carboxylic acids is 1. The maximum atomic E-state index is 13.2. The summed E-state index contributed by atoms with van der Waals surface area (Å²) in [5, 5.41) is 16.3. The van der Waals surface area contributed by atoms with E-state index in [2.05, 4.69) is 29.5 Å². The van der Waals surface area contributed by atoms with Gasteiger partial charge in [0.25, 0.3) is 5.91 Å². The number of hydrogen-bond acceptors (Lipinski definition) is 6. The second kappa shape index (κ2) is 13.3. The molecule has 192 valence electrons. The van der Waals surface area contributed by atoms with E-state index in [-0.39, 0.29) is 6.10 Å². The number of aryl methyl sites for hydroxylation is 2. The van der Waals surface area contributed by atoms with Gasteiger partial charge in [0.15, 0.2) is 0 Å². The van der Waals surface area contributed by atoms with Crippen LogP contribution in [0.1, 0.15) is 64.2 Å². The lowest BCUT2D eigenvalue weighted by molar-refractivity contribution is -0.139. The van der Waals surface area contributed by atoms with Crippen LogP contribution < -0.4 is 10.6 Å². The number of carboxylic acids is 1. The van der Waals surface area contributed by atoms with E-state index in [0.717, 1.165) is 45.0 Å². The van der Waals surface area contributed by atoms with Crippen LogP contribution in [0.4, 0.5) is 0 Å². The molecule has 0 aliphatic rings. The van der Waals surface area contributed by atoms with Crippen molar-refractivity contribution in [3.8, 4) is 11.1 Å². The van der Waals surface area contributed by atoms with Gasteiger partial charge in [-0.15, -0.1) is 11.3 Å². The number of aliphatic carboxylic acids is 1. The van der Waals surface area contributed by atoms with Gasteiger partial charge >= 0.3 is 5.97 Å². The highest BCUT2D eigenvalue weighted by Gasteiger charge is 2.23. The van der Waals surface area contributed by atoms with E-state index < -0.39 is 17.9 Å². The molecule has 0 saturated carbocycles. The fourth-order valence-electron chi connectivity index (χ4n) is 3.99. The van der Waals surface area contributed by atoms with E-state index in [1.54, 1.807) is 24.5 Å². The van der Waals surface area contributed by atoms with E-state index in [0.29, 0.717) is 25.1 Å². The molecule has 7 nitrogen and oxygen atoms in total. The molecule has 0 bridgehead atoms. The average molecular weight is 510 g/mol. The average Bonchev–Trinajstić information content (AvgIpc) is 3.36. The zero-order valence-corrected chi connectivity index (χ0v) is 22.2. The molecule has 0 spiro atoms. The van der Waals surface area contributed by atoms with Crippen LogP contribution in [0, 0.1) is 6.92 Å². The minimum absolute atomic E-state index is 0.0452. The molecule has 36 heavy (non-hydrogen) atoms. The normalized spacial score (nSPS) is 12.8. The molecule has 1 heterocycles. The molecule has 0 fully saturated rings. The van der Waals surface area contributed by atoms with Crippen LogP contribution in [0.2, 0.25) is 0 Å². The Morgan fingerprint density at radius 3 is 2.56 bits per heavy atom. The van der Waals surface area contributed by atoms with Crippen molar-refractivity contribution >= 4 is 23.2 Å². The monoisotopic (exact) mass is 509 g/mol. The molecule has 2 unspecified atom stereocenters. The van der Waals surface area contributed by atoms with Crippen molar-refractivity contribution < 1.29 is 19.4 Å². The molecular formula is C28H35N3O4S. The number of rotatable bonds is 13. The third-order valence-electron chi connectivity index (χ3n) is 6.06. The van der Waals surface area contributed by atoms with Crippen molar-refractivity contribution in [1.29, 1.82) is 0 Å². The molecule has 0 aliphatic heterocycles. The number of hydrogen-bond donors (Lipinski definition) is 3. The Labute approximate surface area is 216 Å². The molecule has 3 aromatic rings. The van der Waals surface area contributed by atoms with Crippen LogP contribution in [-0.2, 0) is 22.6 Å². The second-order valence-corrected chi connectivity index (χ2v) is 9.82. The molecule has 1 aromatic heterocycles. The fourth-order valence-corrected chi connectivity index (χ4v) is 4.99. The predicted octanol–water partition coefficient (Wildman–Crippen LogP) is 5.14. The lowest BCUT2D eigenvalue weighted by Gasteiger charge is -2.19. The smallest absolute Gasteiger partial charge is 0.326 e. The second-order valence-electron chi connectivity index (χ2n) is 8.67. The quantitative estimate of drug-likeness (QED) is 0.295. The summed E-state index contributed by atoms with van der Waals surface area (Å²) < 4.78 is 6.27. The summed E-state index contributed by atoms with van der Waals surface area (Å²) in [7, 11) is 1.75. The first kappa shape index (κ1) is 27.5. The van der Waals surface area contributed by atoms with E-state index in [4.69, 9.17) is 4.74 Å². The number of nitrogens with one attached hydrogen (secondary N) is 2. The molecule has 2 atom stereocenters. The van der Waals surface area contributed by atoms with Gasteiger partial charge in [-0.05, 0) is 74.2 Å². The van der Waals surface area contributed by atoms with Gasteiger partial charge in [0, 0.05) is 11.8 Å². The SMILES string of the molecule is CCc1ncc(C(CC)OCc2ccc(C(=O)NC(CCNC)C(=O)O)c(-c3ccccc3C)c2)s1. The molecule has 0 aliphatic carbocycles. The summed E-state index contributed by atoms with van der Waals surface area (Å²) >= 11 is 1.68. The Hall–Kier alpha value is -3.07. The predicted molar refractivity (Wildman–Crippen MR) is 143 cm³/mol. The Balaban J connectivity index is 1.88. The number of aromatic nitrogens is 1. The highest BCUT2D eigenvalue weighted by Crippen LogP contribution is 2.31. The molecule has 3 N–H and O–H groups in total. The van der Waals surface area contributed by atoms with E-state index in [1.165, 1.54) is 0 Å². The van der Waals surface area contributed by atoms with Crippen LogP contribution in [-0.4, -0.2) is 41.6 Å². The van der Waals surface area contributed by atoms with Crippen LogP contribution in [0.3, 0.4) is 0 Å². The Morgan fingerprint density at radius 1 is 1.14 bits per heavy atom. The standard InChI is InChI=1S/C28H35N3O4S/c1-5-24(25-16-30-26(6-2)36-25)35-17-19-11-12-21(22(15-19)20-10-8-7-9-18(20)3)27(32)31-23(28(33)34)13-14-29-4/h7-12,15-16,23-24,29H,5-6,13-14,17H2,1-4H3,(H,31,32)(H,33,34). The van der Waals surface area contributed by atoms with E-state index in [1.807, 2.05) is 49.5 Å². The van der Waals surface area contributed by atoms with Gasteiger partial charge in [0.1, 0.15) is 6.04 Å². The van der Waals surface area contributed by atoms with Gasteiger partial charge in [-0.3, -0.25) is 4.79 Å². The van der Waals surface area contributed by atoms with Crippen molar-refractivity contribution in [2.45, 2.75) is 58.8 Å². The van der Waals surface area contributed by atoms with Gasteiger partial charge in [0.2, 0.25) is 0 Å². The molecule has 0 saturated heterocycles. The van der Waals surface area contributed by atoms with Crippen LogP contribution in [0.25, 0.3) is 11.1 Å². The number of ether oxygens (including phenoxy) is 1. The van der Waals surface area contributed by atoms with Crippen molar-refractivity contribution in [2.24, 2.45) is 0 Å². The third-order valence-corrected chi connectivity index (χ3v) is 7.30. The lowest BCUT2D eigenvalue weighted by atomic mass is 9.93. The molecule has 2 aromatic carbocycles. The van der Waals surface area contributed by atoms with Gasteiger partial charge < -0.3 is 20.5 Å². The van der Waals surface area contributed by atoms with Gasteiger partial charge in [-0.25, -0.2) is 9.78 Å². The Bertz CT molecular complexity index is 1180. The molecule has 8 heteroatoms. The minimum Gasteiger partial charge on any atom is -0.480 e. The topological polar surface area (TPSA) is 101 Å². The summed E-state index contributed by atoms with van der Waals surface area (Å²) in [6.07, 6.45) is 3.88. The lowest BCUT2D eigenvalue weighted by Crippen LogP contribution is -2.42. The number of thiazole rings is 1.